The lowest BCUT2D eigenvalue weighted by Gasteiger charge is -2.14. The zero-order valence-corrected chi connectivity index (χ0v) is 13.6. The Labute approximate surface area is 137 Å². The van der Waals surface area contributed by atoms with Gasteiger partial charge in [-0.05, 0) is 36.1 Å². The first-order chi connectivity index (χ1) is 11.1. The fourth-order valence-electron chi connectivity index (χ4n) is 2.28. The molecule has 0 radical (unpaired) electrons. The number of rotatable bonds is 7. The highest BCUT2D eigenvalue weighted by molar-refractivity contribution is 5.92. The molecule has 0 aliphatic rings. The van der Waals surface area contributed by atoms with E-state index in [1.807, 2.05) is 55.5 Å². The summed E-state index contributed by atoms with van der Waals surface area (Å²) >= 11 is 0. The molecule has 0 bridgehead atoms. The van der Waals surface area contributed by atoms with Crippen LogP contribution in [0.15, 0.2) is 48.5 Å². The molecule has 122 valence electrons. The number of esters is 1. The highest BCUT2D eigenvalue weighted by Crippen LogP contribution is 2.23. The Hall–Kier alpha value is -2.33. The highest BCUT2D eigenvalue weighted by Gasteiger charge is 2.15. The van der Waals surface area contributed by atoms with E-state index in [9.17, 15) is 4.79 Å². The van der Waals surface area contributed by atoms with Crippen LogP contribution in [0.5, 0.6) is 5.75 Å². The van der Waals surface area contributed by atoms with Crippen LogP contribution in [0, 0.1) is 0 Å². The molecular formula is C19H23NO3. The molecule has 0 saturated heterocycles. The summed E-state index contributed by atoms with van der Waals surface area (Å²) in [6.07, 6.45) is 1.61. The summed E-state index contributed by atoms with van der Waals surface area (Å²) in [5, 5.41) is 0. The van der Waals surface area contributed by atoms with Gasteiger partial charge in [-0.3, -0.25) is 0 Å². The highest BCUT2D eigenvalue weighted by atomic mass is 16.5. The number of hydrogen-bond donors (Lipinski definition) is 1. The molecular weight excluding hydrogens is 290 g/mol. The second kappa shape index (κ2) is 8.34. The van der Waals surface area contributed by atoms with E-state index in [0.717, 1.165) is 24.0 Å². The third kappa shape index (κ3) is 4.83. The molecule has 1 unspecified atom stereocenters. The predicted octanol–water partition coefficient (Wildman–Crippen LogP) is 3.33. The molecule has 0 fully saturated rings. The molecule has 1 atom stereocenters. The van der Waals surface area contributed by atoms with E-state index >= 15 is 0 Å². The average Bonchev–Trinajstić information content (AvgIpc) is 2.60. The third-order valence-corrected chi connectivity index (χ3v) is 3.71. The van der Waals surface area contributed by atoms with Crippen molar-refractivity contribution in [1.82, 2.24) is 0 Å². The Balaban J connectivity index is 2.18. The van der Waals surface area contributed by atoms with Crippen molar-refractivity contribution in [3.63, 3.8) is 0 Å². The van der Waals surface area contributed by atoms with Gasteiger partial charge in [0.15, 0.2) is 0 Å². The number of benzene rings is 2. The van der Waals surface area contributed by atoms with Gasteiger partial charge in [0.05, 0.1) is 7.11 Å². The van der Waals surface area contributed by atoms with Gasteiger partial charge in [0.1, 0.15) is 17.9 Å². The SMILES string of the molecule is CCC(N)Cc1ccc(OCc2ccccc2)c(C(=O)OC)c1. The van der Waals surface area contributed by atoms with Crippen LogP contribution in [0.2, 0.25) is 0 Å². The minimum atomic E-state index is -0.403. The number of methoxy groups -OCH3 is 1. The summed E-state index contributed by atoms with van der Waals surface area (Å²) in [5.41, 5.74) is 8.47. The van der Waals surface area contributed by atoms with E-state index in [4.69, 9.17) is 15.2 Å². The van der Waals surface area contributed by atoms with Gasteiger partial charge < -0.3 is 15.2 Å². The van der Waals surface area contributed by atoms with Crippen LogP contribution in [0.25, 0.3) is 0 Å². The van der Waals surface area contributed by atoms with Crippen molar-refractivity contribution in [3.05, 3.63) is 65.2 Å². The molecule has 2 rings (SSSR count). The minimum Gasteiger partial charge on any atom is -0.488 e. The number of nitrogens with two attached hydrogens (primary N) is 1. The van der Waals surface area contributed by atoms with E-state index < -0.39 is 5.97 Å². The first-order valence-electron chi connectivity index (χ1n) is 7.77. The van der Waals surface area contributed by atoms with Gasteiger partial charge in [0, 0.05) is 6.04 Å². The molecule has 0 aliphatic carbocycles. The van der Waals surface area contributed by atoms with Crippen LogP contribution in [0.1, 0.15) is 34.8 Å². The monoisotopic (exact) mass is 313 g/mol. The van der Waals surface area contributed by atoms with Crippen molar-refractivity contribution in [2.45, 2.75) is 32.4 Å². The van der Waals surface area contributed by atoms with Crippen LogP contribution < -0.4 is 10.5 Å². The maximum absolute atomic E-state index is 12.0. The lowest BCUT2D eigenvalue weighted by molar-refractivity contribution is 0.0595. The summed E-state index contributed by atoms with van der Waals surface area (Å²) in [6.45, 7) is 2.45. The molecule has 2 aromatic rings. The van der Waals surface area contributed by atoms with Crippen molar-refractivity contribution >= 4 is 5.97 Å². The maximum atomic E-state index is 12.0. The van der Waals surface area contributed by atoms with Crippen LogP contribution in [0.3, 0.4) is 0 Å². The Morgan fingerprint density at radius 1 is 1.13 bits per heavy atom. The fraction of sp³-hybridized carbons (Fsp3) is 0.316. The third-order valence-electron chi connectivity index (χ3n) is 3.71. The molecule has 0 aromatic heterocycles. The molecule has 0 aliphatic heterocycles. The van der Waals surface area contributed by atoms with Crippen molar-refractivity contribution in [2.75, 3.05) is 7.11 Å². The molecule has 2 aromatic carbocycles. The van der Waals surface area contributed by atoms with Crippen LogP contribution in [-0.4, -0.2) is 19.1 Å². The zero-order valence-electron chi connectivity index (χ0n) is 13.6. The molecule has 2 N–H and O–H groups in total. The summed E-state index contributed by atoms with van der Waals surface area (Å²) in [7, 11) is 1.37. The molecule has 0 saturated carbocycles. The van der Waals surface area contributed by atoms with Gasteiger partial charge in [-0.1, -0.05) is 43.3 Å². The number of ether oxygens (including phenoxy) is 2. The summed E-state index contributed by atoms with van der Waals surface area (Å²) in [6, 6.07) is 15.5. The molecule has 23 heavy (non-hydrogen) atoms. The number of carbonyl (C=O) groups is 1. The predicted molar refractivity (Wildman–Crippen MR) is 90.5 cm³/mol. The van der Waals surface area contributed by atoms with Gasteiger partial charge in [-0.25, -0.2) is 4.79 Å². The Morgan fingerprint density at radius 3 is 2.52 bits per heavy atom. The van der Waals surface area contributed by atoms with Gasteiger partial charge in [0.25, 0.3) is 0 Å². The molecule has 4 nitrogen and oxygen atoms in total. The average molecular weight is 313 g/mol. The van der Waals surface area contributed by atoms with Gasteiger partial charge in [-0.2, -0.15) is 0 Å². The van der Waals surface area contributed by atoms with Crippen molar-refractivity contribution in [1.29, 1.82) is 0 Å². The van der Waals surface area contributed by atoms with Crippen LogP contribution in [-0.2, 0) is 17.8 Å². The van der Waals surface area contributed by atoms with Crippen molar-refractivity contribution in [3.8, 4) is 5.75 Å². The van der Waals surface area contributed by atoms with E-state index in [1.54, 1.807) is 0 Å². The van der Waals surface area contributed by atoms with Crippen LogP contribution in [0.4, 0.5) is 0 Å². The second-order valence-corrected chi connectivity index (χ2v) is 5.47. The Bertz CT molecular complexity index is 640. The van der Waals surface area contributed by atoms with E-state index in [0.29, 0.717) is 17.9 Å². The van der Waals surface area contributed by atoms with Gasteiger partial charge in [-0.15, -0.1) is 0 Å². The quantitative estimate of drug-likeness (QED) is 0.796. The summed E-state index contributed by atoms with van der Waals surface area (Å²) in [4.78, 5) is 12.0. The topological polar surface area (TPSA) is 61.5 Å². The maximum Gasteiger partial charge on any atom is 0.341 e. The lowest BCUT2D eigenvalue weighted by atomic mass is 10.0. The van der Waals surface area contributed by atoms with E-state index in [1.165, 1.54) is 7.11 Å². The Kier molecular flexibility index (Phi) is 6.18. The second-order valence-electron chi connectivity index (χ2n) is 5.47. The Morgan fingerprint density at radius 2 is 1.87 bits per heavy atom. The minimum absolute atomic E-state index is 0.0802. The lowest BCUT2D eigenvalue weighted by Crippen LogP contribution is -2.21. The van der Waals surface area contributed by atoms with Crippen molar-refractivity contribution < 1.29 is 14.3 Å². The standard InChI is InChI=1S/C19H23NO3/c1-3-16(20)11-15-9-10-18(17(12-15)19(21)22-2)23-13-14-7-5-4-6-8-14/h4-10,12,16H,3,11,13,20H2,1-2H3. The first-order valence-corrected chi connectivity index (χ1v) is 7.77. The van der Waals surface area contributed by atoms with Crippen LogP contribution >= 0.6 is 0 Å². The largest absolute Gasteiger partial charge is 0.488 e. The van der Waals surface area contributed by atoms with E-state index in [2.05, 4.69) is 0 Å². The number of carbonyl (C=O) groups excluding carboxylic acids is 1. The van der Waals surface area contributed by atoms with Gasteiger partial charge >= 0.3 is 5.97 Å². The smallest absolute Gasteiger partial charge is 0.341 e. The molecule has 0 spiro atoms. The molecule has 0 heterocycles. The van der Waals surface area contributed by atoms with Crippen molar-refractivity contribution in [2.24, 2.45) is 5.73 Å². The zero-order chi connectivity index (χ0) is 16.7. The van der Waals surface area contributed by atoms with E-state index in [-0.39, 0.29) is 6.04 Å². The first kappa shape index (κ1) is 17.0. The molecule has 4 heteroatoms. The summed E-state index contributed by atoms with van der Waals surface area (Å²) in [5.74, 6) is 0.120. The molecule has 0 amide bonds. The number of hydrogen-bond acceptors (Lipinski definition) is 4. The summed E-state index contributed by atoms with van der Waals surface area (Å²) < 4.78 is 10.7. The fourth-order valence-corrected chi connectivity index (χ4v) is 2.28. The van der Waals surface area contributed by atoms with Gasteiger partial charge in [0.2, 0.25) is 0 Å². The normalized spacial score (nSPS) is 11.8.